The summed E-state index contributed by atoms with van der Waals surface area (Å²) < 4.78 is 29.3. The predicted molar refractivity (Wildman–Crippen MR) is 74.8 cm³/mol. The Labute approximate surface area is 121 Å². The van der Waals surface area contributed by atoms with Crippen molar-refractivity contribution < 1.29 is 18.1 Å². The quantitative estimate of drug-likeness (QED) is 0.618. The lowest BCUT2D eigenvalue weighted by Crippen LogP contribution is -2.06. The highest BCUT2D eigenvalue weighted by Crippen LogP contribution is 2.20. The van der Waals surface area contributed by atoms with E-state index in [0.717, 1.165) is 12.1 Å². The van der Waals surface area contributed by atoms with E-state index in [-0.39, 0.29) is 16.3 Å². The molecule has 0 aliphatic rings. The molecule has 0 spiro atoms. The van der Waals surface area contributed by atoms with Gasteiger partial charge in [-0.05, 0) is 24.3 Å². The summed E-state index contributed by atoms with van der Waals surface area (Å²) in [4.78, 5) is 14.0. The summed E-state index contributed by atoms with van der Waals surface area (Å²) in [5.41, 5.74) is 0.214. The number of nitro groups is 1. The monoisotopic (exact) mass is 308 g/mol. The van der Waals surface area contributed by atoms with Crippen molar-refractivity contribution in [2.45, 2.75) is 10.6 Å². The molecule has 0 unspecified atom stereocenters. The summed E-state index contributed by atoms with van der Waals surface area (Å²) in [6.45, 7) is 0. The average molecular weight is 308 g/mol. The molecule has 0 amide bonds. The van der Waals surface area contributed by atoms with E-state index in [0.29, 0.717) is 11.4 Å². The van der Waals surface area contributed by atoms with Crippen LogP contribution in [0.3, 0.4) is 0 Å². The first-order valence-electron chi connectivity index (χ1n) is 5.88. The summed E-state index contributed by atoms with van der Waals surface area (Å²) in [6.07, 6.45) is 1.43. The zero-order chi connectivity index (χ0) is 15.5. The Hall–Kier alpha value is -2.48. The maximum atomic E-state index is 12.2. The molecule has 0 saturated heterocycles. The van der Waals surface area contributed by atoms with Gasteiger partial charge in [0.05, 0.1) is 34.6 Å². The number of aromatic nitrogens is 1. The van der Waals surface area contributed by atoms with Crippen molar-refractivity contribution in [1.82, 2.24) is 4.98 Å². The number of benzene rings is 1. The molecule has 110 valence electrons. The summed E-state index contributed by atoms with van der Waals surface area (Å²) in [6, 6.07) is 7.94. The average Bonchev–Trinajstić information content (AvgIpc) is 2.48. The zero-order valence-corrected chi connectivity index (χ0v) is 11.9. The van der Waals surface area contributed by atoms with Gasteiger partial charge in [0.1, 0.15) is 5.75 Å². The molecule has 2 aromatic rings. The van der Waals surface area contributed by atoms with Crippen molar-refractivity contribution in [3.63, 3.8) is 0 Å². The summed E-state index contributed by atoms with van der Waals surface area (Å²) >= 11 is 0. The fourth-order valence-corrected chi connectivity index (χ4v) is 2.95. The van der Waals surface area contributed by atoms with Crippen molar-refractivity contribution in [3.05, 3.63) is 58.4 Å². The van der Waals surface area contributed by atoms with Gasteiger partial charge in [-0.3, -0.25) is 15.1 Å². The maximum Gasteiger partial charge on any atom is 0.269 e. The molecule has 0 aliphatic carbocycles. The number of sulfone groups is 1. The number of hydrogen-bond acceptors (Lipinski definition) is 6. The molecule has 0 N–H and O–H groups in total. The largest absolute Gasteiger partial charge is 0.495 e. The van der Waals surface area contributed by atoms with Crippen molar-refractivity contribution >= 4 is 15.5 Å². The molecule has 2 rings (SSSR count). The van der Waals surface area contributed by atoms with Crippen LogP contribution in [0.2, 0.25) is 0 Å². The molecule has 0 atom stereocenters. The molecule has 0 fully saturated rings. The van der Waals surface area contributed by atoms with E-state index < -0.39 is 14.8 Å². The molecule has 0 aliphatic heterocycles. The molecular weight excluding hydrogens is 296 g/mol. The lowest BCUT2D eigenvalue weighted by atomic mass is 10.3. The van der Waals surface area contributed by atoms with E-state index in [4.69, 9.17) is 4.74 Å². The number of hydrogen-bond donors (Lipinski definition) is 0. The number of non-ortho nitro benzene ring substituents is 1. The second kappa shape index (κ2) is 5.88. The number of rotatable bonds is 5. The maximum absolute atomic E-state index is 12.2. The minimum atomic E-state index is -3.60. The molecule has 1 aromatic heterocycles. The smallest absolute Gasteiger partial charge is 0.269 e. The Balaban J connectivity index is 2.22. The van der Waals surface area contributed by atoms with Crippen molar-refractivity contribution in [3.8, 4) is 5.75 Å². The molecule has 0 saturated carbocycles. The number of nitro benzene ring substituents is 1. The van der Waals surface area contributed by atoms with Crippen molar-refractivity contribution in [2.75, 3.05) is 7.11 Å². The fraction of sp³-hybridized carbons (Fsp3) is 0.154. The van der Waals surface area contributed by atoms with Gasteiger partial charge >= 0.3 is 0 Å². The van der Waals surface area contributed by atoms with Gasteiger partial charge in [-0.25, -0.2) is 8.42 Å². The topological polar surface area (TPSA) is 99.4 Å². The van der Waals surface area contributed by atoms with Crippen LogP contribution in [-0.4, -0.2) is 25.4 Å². The molecule has 1 heterocycles. The number of methoxy groups -OCH3 is 1. The van der Waals surface area contributed by atoms with Gasteiger partial charge in [0.15, 0.2) is 9.84 Å². The first-order valence-corrected chi connectivity index (χ1v) is 7.54. The van der Waals surface area contributed by atoms with Crippen LogP contribution in [0.4, 0.5) is 5.69 Å². The van der Waals surface area contributed by atoms with Crippen LogP contribution >= 0.6 is 0 Å². The first-order chi connectivity index (χ1) is 9.92. The standard InChI is InChI=1S/C13H12N2O5S/c1-20-12-5-2-10(14-8-12)9-21(18,19)13-6-3-11(4-7-13)15(16)17/h2-8H,9H2,1H3. The van der Waals surface area contributed by atoms with E-state index in [1.54, 1.807) is 12.1 Å². The third-order valence-corrected chi connectivity index (χ3v) is 4.44. The van der Waals surface area contributed by atoms with Crippen LogP contribution in [0.1, 0.15) is 5.69 Å². The van der Waals surface area contributed by atoms with Gasteiger partial charge in [0.2, 0.25) is 0 Å². The zero-order valence-electron chi connectivity index (χ0n) is 11.1. The van der Waals surface area contributed by atoms with Crippen LogP contribution < -0.4 is 4.74 Å². The Kier molecular flexibility index (Phi) is 4.18. The second-order valence-electron chi connectivity index (χ2n) is 4.20. The first kappa shape index (κ1) is 14.9. The van der Waals surface area contributed by atoms with E-state index in [9.17, 15) is 18.5 Å². The summed E-state index contributed by atoms with van der Waals surface area (Å²) in [7, 11) is -2.11. The van der Waals surface area contributed by atoms with Gasteiger partial charge < -0.3 is 4.74 Å². The van der Waals surface area contributed by atoms with Crippen LogP contribution in [0.15, 0.2) is 47.5 Å². The Morgan fingerprint density at radius 3 is 2.33 bits per heavy atom. The third kappa shape index (κ3) is 3.54. The van der Waals surface area contributed by atoms with Gasteiger partial charge in [-0.15, -0.1) is 0 Å². The Morgan fingerprint density at radius 2 is 1.86 bits per heavy atom. The highest BCUT2D eigenvalue weighted by Gasteiger charge is 2.17. The minimum Gasteiger partial charge on any atom is -0.495 e. The molecule has 8 heteroatoms. The lowest BCUT2D eigenvalue weighted by Gasteiger charge is -2.05. The van der Waals surface area contributed by atoms with E-state index in [2.05, 4.69) is 4.98 Å². The molecule has 21 heavy (non-hydrogen) atoms. The number of nitrogens with zero attached hydrogens (tertiary/aromatic N) is 2. The van der Waals surface area contributed by atoms with Crippen LogP contribution in [0.25, 0.3) is 0 Å². The number of pyridine rings is 1. The van der Waals surface area contributed by atoms with Crippen molar-refractivity contribution in [1.29, 1.82) is 0 Å². The predicted octanol–water partition coefficient (Wildman–Crippen LogP) is 1.97. The van der Waals surface area contributed by atoms with Gasteiger partial charge in [0, 0.05) is 12.1 Å². The minimum absolute atomic E-state index is 0.0192. The highest BCUT2D eigenvalue weighted by atomic mass is 32.2. The fourth-order valence-electron chi connectivity index (χ4n) is 1.67. The summed E-state index contributed by atoms with van der Waals surface area (Å²) in [5.74, 6) is 0.251. The summed E-state index contributed by atoms with van der Waals surface area (Å²) in [5, 5.41) is 10.5. The molecule has 0 radical (unpaired) electrons. The van der Waals surface area contributed by atoms with E-state index in [1.165, 1.54) is 25.4 Å². The lowest BCUT2D eigenvalue weighted by molar-refractivity contribution is -0.384. The Morgan fingerprint density at radius 1 is 1.19 bits per heavy atom. The van der Waals surface area contributed by atoms with Crippen LogP contribution in [-0.2, 0) is 15.6 Å². The van der Waals surface area contributed by atoms with E-state index in [1.807, 2.05) is 0 Å². The molecule has 1 aromatic carbocycles. The van der Waals surface area contributed by atoms with Crippen molar-refractivity contribution in [2.24, 2.45) is 0 Å². The molecule has 7 nitrogen and oxygen atoms in total. The number of ether oxygens (including phenoxy) is 1. The molecular formula is C13H12N2O5S. The molecule has 0 bridgehead atoms. The van der Waals surface area contributed by atoms with E-state index >= 15 is 0 Å². The van der Waals surface area contributed by atoms with Gasteiger partial charge in [0.25, 0.3) is 5.69 Å². The van der Waals surface area contributed by atoms with Gasteiger partial charge in [-0.2, -0.15) is 0 Å². The van der Waals surface area contributed by atoms with Crippen LogP contribution in [0.5, 0.6) is 5.75 Å². The van der Waals surface area contributed by atoms with Gasteiger partial charge in [-0.1, -0.05) is 0 Å². The third-order valence-electron chi connectivity index (χ3n) is 2.78. The highest BCUT2D eigenvalue weighted by molar-refractivity contribution is 7.90. The van der Waals surface area contributed by atoms with Crippen LogP contribution in [0, 0.1) is 10.1 Å². The SMILES string of the molecule is COc1ccc(CS(=O)(=O)c2ccc([N+](=O)[O-])cc2)nc1. The second-order valence-corrected chi connectivity index (χ2v) is 6.19. The Bertz CT molecular complexity index is 739. The normalized spacial score (nSPS) is 11.1.